The SMILES string of the molecule is N#Cc1cc2c(cc1-c1ccccc1)oc1c(-c3ccccn3)[c-]ccc12.[2H]C([2H])([2H])c1c[c-]c(-c2ccc(C([2H])([2H])[2H])cn2)cc1.[Ir]. The van der Waals surface area contributed by atoms with Gasteiger partial charge >= 0.3 is 0 Å². The number of fused-ring (bicyclic) bond motifs is 3. The monoisotopic (exact) mass is 726 g/mol. The van der Waals surface area contributed by atoms with Gasteiger partial charge in [-0.05, 0) is 47.6 Å². The van der Waals surface area contributed by atoms with Crippen molar-refractivity contribution in [3.05, 3.63) is 144 Å². The van der Waals surface area contributed by atoms with E-state index in [2.05, 4.69) is 28.2 Å². The van der Waals surface area contributed by atoms with Crippen molar-refractivity contribution >= 4 is 21.9 Å². The molecule has 42 heavy (non-hydrogen) atoms. The Morgan fingerprint density at radius 3 is 2.33 bits per heavy atom. The summed E-state index contributed by atoms with van der Waals surface area (Å²) in [5.74, 6) is 0. The van der Waals surface area contributed by atoms with Crippen LogP contribution in [0, 0.1) is 37.2 Å². The maximum Gasteiger partial charge on any atom is 0.121 e. The first-order valence-corrected chi connectivity index (χ1v) is 12.8. The molecule has 0 spiro atoms. The second-order valence-corrected chi connectivity index (χ2v) is 9.21. The second-order valence-electron chi connectivity index (χ2n) is 9.21. The van der Waals surface area contributed by atoms with Crippen LogP contribution in [0.25, 0.3) is 55.6 Å². The molecule has 7 aromatic rings. The number of benzene rings is 4. The molecule has 205 valence electrons. The predicted octanol–water partition coefficient (Wildman–Crippen LogP) is 9.15. The van der Waals surface area contributed by atoms with Crippen LogP contribution in [-0.2, 0) is 20.1 Å². The van der Waals surface area contributed by atoms with Crippen molar-refractivity contribution in [1.82, 2.24) is 9.97 Å². The summed E-state index contributed by atoms with van der Waals surface area (Å²) >= 11 is 0. The second kappa shape index (κ2) is 12.7. The summed E-state index contributed by atoms with van der Waals surface area (Å²) in [5.41, 5.74) is 7.16. The molecule has 4 aromatic carbocycles. The summed E-state index contributed by atoms with van der Waals surface area (Å²) in [4.78, 5) is 8.50. The Morgan fingerprint density at radius 2 is 1.64 bits per heavy atom. The molecule has 0 aliphatic rings. The molecule has 3 heterocycles. The Morgan fingerprint density at radius 1 is 0.810 bits per heavy atom. The standard InChI is InChI=1S/C24H13N2O.C13H12N.Ir/c25-15-17-13-21-18-9-6-10-19(22-11-4-5-12-26-22)24(18)27-23(21)14-20(17)16-7-2-1-3-8-16;1-10-3-6-12(7-4-10)13-8-5-11(2)9-14-13;/h1-9,11-14H;3-6,8-9H,1-2H3;/q2*-1;/i;1D3,2D3;. The van der Waals surface area contributed by atoms with Crippen LogP contribution in [0.4, 0.5) is 0 Å². The van der Waals surface area contributed by atoms with Gasteiger partial charge in [-0.3, -0.25) is 0 Å². The van der Waals surface area contributed by atoms with E-state index in [1.165, 1.54) is 24.4 Å². The molecule has 1 radical (unpaired) electrons. The van der Waals surface area contributed by atoms with Crippen molar-refractivity contribution in [2.75, 3.05) is 0 Å². The Bertz CT molecular complexity index is 2150. The van der Waals surface area contributed by atoms with Gasteiger partial charge in [0, 0.05) is 51.7 Å². The van der Waals surface area contributed by atoms with E-state index in [4.69, 9.17) is 12.6 Å². The van der Waals surface area contributed by atoms with Crippen LogP contribution in [0.3, 0.4) is 0 Å². The third-order valence-corrected chi connectivity index (χ3v) is 6.55. The third-order valence-electron chi connectivity index (χ3n) is 6.55. The number of pyridine rings is 2. The van der Waals surface area contributed by atoms with Crippen LogP contribution in [0.5, 0.6) is 0 Å². The van der Waals surface area contributed by atoms with Crippen LogP contribution in [-0.4, -0.2) is 9.97 Å². The molecule has 0 fully saturated rings. The van der Waals surface area contributed by atoms with Crippen LogP contribution >= 0.6 is 0 Å². The fourth-order valence-corrected chi connectivity index (χ4v) is 4.57. The molecular weight excluding hydrogens is 695 g/mol. The summed E-state index contributed by atoms with van der Waals surface area (Å²) < 4.78 is 49.9. The van der Waals surface area contributed by atoms with Crippen molar-refractivity contribution in [2.45, 2.75) is 13.7 Å². The molecule has 5 heteroatoms. The van der Waals surface area contributed by atoms with Gasteiger partial charge in [0.1, 0.15) is 5.58 Å². The van der Waals surface area contributed by atoms with Crippen molar-refractivity contribution in [3.63, 3.8) is 0 Å². The molecule has 0 bridgehead atoms. The zero-order chi connectivity index (χ0) is 33.2. The molecule has 0 saturated heterocycles. The van der Waals surface area contributed by atoms with Crippen LogP contribution in [0.15, 0.2) is 120 Å². The largest absolute Gasteiger partial charge is 0.501 e. The van der Waals surface area contributed by atoms with Gasteiger partial charge in [-0.1, -0.05) is 72.4 Å². The maximum absolute atomic E-state index is 9.68. The van der Waals surface area contributed by atoms with Gasteiger partial charge in [0.05, 0.1) is 17.2 Å². The summed E-state index contributed by atoms with van der Waals surface area (Å²) in [6, 6.07) is 39.4. The van der Waals surface area contributed by atoms with E-state index in [9.17, 15) is 5.26 Å². The van der Waals surface area contributed by atoms with Crippen molar-refractivity contribution in [3.8, 4) is 39.7 Å². The fraction of sp³-hybridized carbons (Fsp3) is 0.0541. The number of hydrogen-bond donors (Lipinski definition) is 0. The van der Waals surface area contributed by atoms with Gasteiger partial charge in [-0.15, -0.1) is 53.6 Å². The zero-order valence-corrected chi connectivity index (χ0v) is 24.4. The van der Waals surface area contributed by atoms with E-state index in [0.29, 0.717) is 16.8 Å². The molecule has 0 aliphatic heterocycles. The van der Waals surface area contributed by atoms with E-state index < -0.39 is 13.7 Å². The minimum absolute atomic E-state index is 0. The molecule has 0 N–H and O–H groups in total. The topological polar surface area (TPSA) is 62.7 Å². The van der Waals surface area contributed by atoms with Gasteiger partial charge in [-0.25, -0.2) is 0 Å². The minimum Gasteiger partial charge on any atom is -0.501 e. The van der Waals surface area contributed by atoms with Gasteiger partial charge in [0.25, 0.3) is 0 Å². The van der Waals surface area contributed by atoms with E-state index in [1.807, 2.05) is 72.8 Å². The molecule has 0 saturated carbocycles. The van der Waals surface area contributed by atoms with E-state index in [-0.39, 0.29) is 31.2 Å². The molecule has 4 nitrogen and oxygen atoms in total. The number of rotatable bonds is 3. The fourth-order valence-electron chi connectivity index (χ4n) is 4.57. The van der Waals surface area contributed by atoms with Crippen LogP contribution in [0.1, 0.15) is 24.9 Å². The van der Waals surface area contributed by atoms with E-state index in [0.717, 1.165) is 44.3 Å². The average molecular weight is 726 g/mol. The van der Waals surface area contributed by atoms with E-state index in [1.54, 1.807) is 18.3 Å². The van der Waals surface area contributed by atoms with Crippen molar-refractivity contribution < 1.29 is 32.7 Å². The average Bonchev–Trinajstić information content (AvgIpc) is 3.46. The van der Waals surface area contributed by atoms with Gasteiger partial charge < -0.3 is 14.4 Å². The number of hydrogen-bond acceptors (Lipinski definition) is 4. The van der Waals surface area contributed by atoms with Crippen LogP contribution in [0.2, 0.25) is 0 Å². The Labute approximate surface area is 267 Å². The minimum atomic E-state index is -2.18. The van der Waals surface area contributed by atoms with Crippen molar-refractivity contribution in [1.29, 1.82) is 5.26 Å². The first-order chi connectivity index (χ1) is 22.5. The molecule has 7 rings (SSSR count). The molecule has 3 aromatic heterocycles. The quantitative estimate of drug-likeness (QED) is 0.171. The van der Waals surface area contributed by atoms with E-state index >= 15 is 0 Å². The molecule has 0 amide bonds. The smallest absolute Gasteiger partial charge is 0.121 e. The predicted molar refractivity (Wildman–Crippen MR) is 164 cm³/mol. The summed E-state index contributed by atoms with van der Waals surface area (Å²) in [7, 11) is 0. The maximum atomic E-state index is 9.68. The molecule has 0 unspecified atom stereocenters. The Hall–Kier alpha value is -4.88. The number of aromatic nitrogens is 2. The molecule has 0 aliphatic carbocycles. The van der Waals surface area contributed by atoms with Crippen molar-refractivity contribution in [2.24, 2.45) is 0 Å². The number of nitrogens with zero attached hydrogens (tertiary/aromatic N) is 3. The number of furan rings is 1. The Balaban J connectivity index is 0.000000193. The van der Waals surface area contributed by atoms with Gasteiger partial charge in [-0.2, -0.15) is 5.26 Å². The summed E-state index contributed by atoms with van der Waals surface area (Å²) in [6.45, 7) is -4.34. The Kier molecular flexibility index (Phi) is 6.62. The summed E-state index contributed by atoms with van der Waals surface area (Å²) in [6.07, 6.45) is 3.06. The van der Waals surface area contributed by atoms with Gasteiger partial charge in [0.2, 0.25) is 0 Å². The summed E-state index contributed by atoms with van der Waals surface area (Å²) in [5, 5.41) is 11.6. The molecule has 0 atom stereocenters. The first kappa shape index (κ1) is 21.8. The normalized spacial score (nSPS) is 13.1. The number of nitriles is 1. The zero-order valence-electron chi connectivity index (χ0n) is 28.1. The third kappa shape index (κ3) is 5.92. The van der Waals surface area contributed by atoms with Crippen LogP contribution < -0.4 is 0 Å². The molecular formula is C37H25IrN3O-2. The van der Waals surface area contributed by atoms with Gasteiger partial charge in [0.15, 0.2) is 0 Å². The number of aryl methyl sites for hydroxylation is 2. The first-order valence-electron chi connectivity index (χ1n) is 15.8.